The van der Waals surface area contributed by atoms with Crippen LogP contribution in [0.2, 0.25) is 0 Å². The van der Waals surface area contributed by atoms with Gasteiger partial charge in [0.2, 0.25) is 15.9 Å². The third kappa shape index (κ3) is 4.81. The fourth-order valence-electron chi connectivity index (χ4n) is 3.70. The maximum Gasteiger partial charge on any atom is 0.269 e. The van der Waals surface area contributed by atoms with Crippen LogP contribution in [0, 0.1) is 10.1 Å². The molecule has 2 heterocycles. The molecular formula is C22H18N4O8S. The van der Waals surface area contributed by atoms with E-state index in [2.05, 4.69) is 0 Å². The molecule has 12 nitrogen and oxygen atoms in total. The van der Waals surface area contributed by atoms with Gasteiger partial charge < -0.3 is 9.32 Å². The van der Waals surface area contributed by atoms with E-state index >= 15 is 0 Å². The molecule has 1 fully saturated rings. The number of imide groups is 1. The van der Waals surface area contributed by atoms with Crippen molar-refractivity contribution in [3.63, 3.8) is 0 Å². The fraction of sp³-hybridized carbons (Fsp3) is 0.136. The number of hydrogen-bond acceptors (Lipinski definition) is 8. The van der Waals surface area contributed by atoms with Crippen LogP contribution in [0.25, 0.3) is 0 Å². The molecule has 1 saturated heterocycles. The molecule has 0 aliphatic carbocycles. The number of sulfonamides is 1. The van der Waals surface area contributed by atoms with Crippen LogP contribution in [-0.2, 0) is 26.2 Å². The number of benzene rings is 2. The van der Waals surface area contributed by atoms with Crippen molar-refractivity contribution in [1.82, 2.24) is 4.90 Å². The lowest BCUT2D eigenvalue weighted by atomic mass is 10.1. The Morgan fingerprint density at radius 2 is 1.77 bits per heavy atom. The molecule has 3 aromatic rings. The topological polar surface area (TPSA) is 174 Å². The van der Waals surface area contributed by atoms with E-state index in [4.69, 9.17) is 9.56 Å². The van der Waals surface area contributed by atoms with Gasteiger partial charge >= 0.3 is 0 Å². The van der Waals surface area contributed by atoms with Crippen molar-refractivity contribution in [3.8, 4) is 0 Å². The SMILES string of the molecule is NS(=O)(=O)c1ccc(N2C(=O)CC(N(Cc3ccco3)C(=O)c3ccc([N+](=O)[O-])cc3)C2=O)cc1. The summed E-state index contributed by atoms with van der Waals surface area (Å²) in [4.78, 5) is 51.6. The molecule has 0 bridgehead atoms. The Labute approximate surface area is 198 Å². The van der Waals surface area contributed by atoms with Crippen LogP contribution in [0.5, 0.6) is 0 Å². The van der Waals surface area contributed by atoms with E-state index in [1.165, 1.54) is 59.7 Å². The highest BCUT2D eigenvalue weighted by Crippen LogP contribution is 2.29. The van der Waals surface area contributed by atoms with Gasteiger partial charge in [0.15, 0.2) is 0 Å². The number of nitro groups is 1. The van der Waals surface area contributed by atoms with Gasteiger partial charge in [-0.1, -0.05) is 0 Å². The monoisotopic (exact) mass is 498 g/mol. The summed E-state index contributed by atoms with van der Waals surface area (Å²) in [7, 11) is -3.97. The number of furan rings is 1. The molecule has 1 atom stereocenters. The molecule has 1 aliphatic heterocycles. The standard InChI is InChI=1S/C22H18N4O8S/c23-35(32,33)18-9-7-15(8-10-18)25-20(27)12-19(22(25)29)24(13-17-2-1-11-34-17)21(28)14-3-5-16(6-4-14)26(30)31/h1-11,19H,12-13H2,(H2,23,32,33). The van der Waals surface area contributed by atoms with Crippen LogP contribution in [-0.4, -0.2) is 42.0 Å². The van der Waals surface area contributed by atoms with Gasteiger partial charge in [-0.05, 0) is 48.5 Å². The lowest BCUT2D eigenvalue weighted by Crippen LogP contribution is -2.45. The van der Waals surface area contributed by atoms with E-state index < -0.39 is 38.7 Å². The number of carbonyl (C=O) groups excluding carboxylic acids is 3. The fourth-order valence-corrected chi connectivity index (χ4v) is 4.22. The molecule has 35 heavy (non-hydrogen) atoms. The summed E-state index contributed by atoms with van der Waals surface area (Å²) < 4.78 is 28.3. The maximum absolute atomic E-state index is 13.3. The minimum absolute atomic E-state index is 0.0818. The zero-order valence-electron chi connectivity index (χ0n) is 17.9. The van der Waals surface area contributed by atoms with E-state index in [0.717, 1.165) is 4.90 Å². The molecule has 0 spiro atoms. The first-order chi connectivity index (χ1) is 16.6. The van der Waals surface area contributed by atoms with Gasteiger partial charge in [0.05, 0.1) is 34.7 Å². The van der Waals surface area contributed by atoms with Crippen molar-refractivity contribution >= 4 is 39.1 Å². The summed E-state index contributed by atoms with van der Waals surface area (Å²) in [6, 6.07) is 11.8. The summed E-state index contributed by atoms with van der Waals surface area (Å²) in [5, 5.41) is 16.0. The summed E-state index contributed by atoms with van der Waals surface area (Å²) in [6.07, 6.45) is 1.07. The molecular weight excluding hydrogens is 480 g/mol. The lowest BCUT2D eigenvalue weighted by molar-refractivity contribution is -0.384. The first-order valence-electron chi connectivity index (χ1n) is 10.1. The van der Waals surface area contributed by atoms with Crippen molar-refractivity contribution in [2.24, 2.45) is 5.14 Å². The van der Waals surface area contributed by atoms with Gasteiger partial charge in [0.25, 0.3) is 17.5 Å². The largest absolute Gasteiger partial charge is 0.467 e. The molecule has 3 amide bonds. The van der Waals surface area contributed by atoms with E-state index in [1.807, 2.05) is 0 Å². The van der Waals surface area contributed by atoms with Gasteiger partial charge in [-0.25, -0.2) is 18.5 Å². The molecule has 13 heteroatoms. The molecule has 0 radical (unpaired) electrons. The Balaban J connectivity index is 1.65. The van der Waals surface area contributed by atoms with Gasteiger partial charge in [-0.15, -0.1) is 0 Å². The number of amides is 3. The van der Waals surface area contributed by atoms with E-state index in [0.29, 0.717) is 5.76 Å². The maximum atomic E-state index is 13.3. The average molecular weight is 498 g/mol. The van der Waals surface area contributed by atoms with Crippen molar-refractivity contribution in [2.75, 3.05) is 4.90 Å². The highest BCUT2D eigenvalue weighted by molar-refractivity contribution is 7.89. The molecule has 1 aromatic heterocycles. The van der Waals surface area contributed by atoms with Crippen LogP contribution in [0.3, 0.4) is 0 Å². The number of non-ortho nitro benzene ring substituents is 1. The van der Waals surface area contributed by atoms with E-state index in [-0.39, 0.29) is 34.8 Å². The first kappa shape index (κ1) is 23.8. The zero-order chi connectivity index (χ0) is 25.3. The summed E-state index contributed by atoms with van der Waals surface area (Å²) in [5.74, 6) is -1.56. The van der Waals surface area contributed by atoms with Crippen LogP contribution >= 0.6 is 0 Å². The Morgan fingerprint density at radius 3 is 2.31 bits per heavy atom. The number of rotatable bonds is 7. The highest BCUT2D eigenvalue weighted by Gasteiger charge is 2.45. The first-order valence-corrected chi connectivity index (χ1v) is 11.7. The second-order valence-electron chi connectivity index (χ2n) is 7.64. The molecule has 1 unspecified atom stereocenters. The van der Waals surface area contributed by atoms with Gasteiger partial charge in [0, 0.05) is 17.7 Å². The average Bonchev–Trinajstić information content (AvgIpc) is 3.44. The molecule has 1 aliphatic rings. The minimum Gasteiger partial charge on any atom is -0.467 e. The number of primary sulfonamides is 1. The number of anilines is 1. The third-order valence-corrected chi connectivity index (χ3v) is 6.34. The Kier molecular flexibility index (Phi) is 6.20. The Morgan fingerprint density at radius 1 is 1.11 bits per heavy atom. The normalized spacial score (nSPS) is 15.9. The predicted molar refractivity (Wildman–Crippen MR) is 120 cm³/mol. The van der Waals surface area contributed by atoms with E-state index in [1.54, 1.807) is 12.1 Å². The number of nitro benzene ring substituents is 1. The highest BCUT2D eigenvalue weighted by atomic mass is 32.2. The summed E-state index contributed by atoms with van der Waals surface area (Å²) in [5.41, 5.74) is -0.00522. The predicted octanol–water partition coefficient (Wildman–Crippen LogP) is 1.81. The lowest BCUT2D eigenvalue weighted by Gasteiger charge is -2.27. The second kappa shape index (κ2) is 9.12. The number of carbonyl (C=O) groups is 3. The number of hydrogen-bond donors (Lipinski definition) is 1. The second-order valence-corrected chi connectivity index (χ2v) is 9.20. The quantitative estimate of drug-likeness (QED) is 0.291. The van der Waals surface area contributed by atoms with Crippen LogP contribution in [0.15, 0.2) is 76.2 Å². The third-order valence-electron chi connectivity index (χ3n) is 5.41. The van der Waals surface area contributed by atoms with Crippen molar-refractivity contribution in [3.05, 3.63) is 88.4 Å². The van der Waals surface area contributed by atoms with Crippen LogP contribution in [0.1, 0.15) is 22.5 Å². The number of nitrogens with two attached hydrogens (primary N) is 1. The molecule has 2 N–H and O–H groups in total. The smallest absolute Gasteiger partial charge is 0.269 e. The molecule has 0 saturated carbocycles. The number of nitrogens with zero attached hydrogens (tertiary/aromatic N) is 3. The van der Waals surface area contributed by atoms with E-state index in [9.17, 15) is 32.9 Å². The van der Waals surface area contributed by atoms with Gasteiger partial charge in [0.1, 0.15) is 11.8 Å². The molecule has 4 rings (SSSR count). The minimum atomic E-state index is -3.97. The molecule has 180 valence electrons. The van der Waals surface area contributed by atoms with Crippen molar-refractivity contribution in [1.29, 1.82) is 0 Å². The van der Waals surface area contributed by atoms with Gasteiger partial charge in [-0.2, -0.15) is 0 Å². The summed E-state index contributed by atoms with van der Waals surface area (Å²) in [6.45, 7) is -0.134. The molecule has 2 aromatic carbocycles. The van der Waals surface area contributed by atoms with Crippen LogP contribution < -0.4 is 10.0 Å². The summed E-state index contributed by atoms with van der Waals surface area (Å²) >= 11 is 0. The zero-order valence-corrected chi connectivity index (χ0v) is 18.8. The van der Waals surface area contributed by atoms with Gasteiger partial charge in [-0.3, -0.25) is 24.5 Å². The van der Waals surface area contributed by atoms with Crippen molar-refractivity contribution in [2.45, 2.75) is 23.9 Å². The van der Waals surface area contributed by atoms with Crippen LogP contribution in [0.4, 0.5) is 11.4 Å². The van der Waals surface area contributed by atoms with Crippen molar-refractivity contribution < 1.29 is 32.1 Å². The Hall–Kier alpha value is -4.36. The Bertz CT molecular complexity index is 1400.